The summed E-state index contributed by atoms with van der Waals surface area (Å²) in [4.78, 5) is 4.25. The summed E-state index contributed by atoms with van der Waals surface area (Å²) in [6.45, 7) is 0. The van der Waals surface area contributed by atoms with E-state index in [0.29, 0.717) is 5.75 Å². The predicted molar refractivity (Wildman–Crippen MR) is 57.2 cm³/mol. The van der Waals surface area contributed by atoms with Crippen LogP contribution in [0.1, 0.15) is 17.5 Å². The van der Waals surface area contributed by atoms with Gasteiger partial charge >= 0.3 is 0 Å². The van der Waals surface area contributed by atoms with Crippen LogP contribution < -0.4 is 0 Å². The van der Waals surface area contributed by atoms with Crippen molar-refractivity contribution < 1.29 is 5.11 Å². The topological polar surface area (TPSA) is 32.6 Å². The van der Waals surface area contributed by atoms with Crippen molar-refractivity contribution >= 4 is 17.9 Å². The molecule has 0 saturated carbocycles. The van der Waals surface area contributed by atoms with E-state index < -0.39 is 0 Å². The highest BCUT2D eigenvalue weighted by Crippen LogP contribution is 2.46. The van der Waals surface area contributed by atoms with Gasteiger partial charge in [-0.25, -0.2) is 0 Å². The van der Waals surface area contributed by atoms with Crippen molar-refractivity contribution in [3.63, 3.8) is 0 Å². The second-order valence-electron chi connectivity index (χ2n) is 3.48. The maximum atomic E-state index is 9.75. The van der Waals surface area contributed by atoms with E-state index in [1.807, 2.05) is 24.3 Å². The molecule has 0 saturated heterocycles. The van der Waals surface area contributed by atoms with Gasteiger partial charge in [0.2, 0.25) is 0 Å². The maximum absolute atomic E-state index is 9.75. The van der Waals surface area contributed by atoms with Gasteiger partial charge in [0.25, 0.3) is 0 Å². The molecule has 1 aliphatic heterocycles. The van der Waals surface area contributed by atoms with Crippen LogP contribution in [-0.2, 0) is 0 Å². The Bertz CT molecular complexity index is 495. The molecule has 0 aromatic heterocycles. The third-order valence-electron chi connectivity index (χ3n) is 2.54. The zero-order chi connectivity index (χ0) is 9.54. The number of fused-ring (bicyclic) bond motifs is 2. The first-order valence-corrected chi connectivity index (χ1v) is 4.61. The highest BCUT2D eigenvalue weighted by molar-refractivity contribution is 5.94. The van der Waals surface area contributed by atoms with Gasteiger partial charge in [0.1, 0.15) is 5.75 Å². The van der Waals surface area contributed by atoms with Crippen LogP contribution in [0.15, 0.2) is 35.0 Å². The minimum Gasteiger partial charge on any atom is -0.507 e. The largest absolute Gasteiger partial charge is 0.507 e. The maximum Gasteiger partial charge on any atom is 0.123 e. The number of hydrogen-bond donors (Lipinski definition) is 1. The van der Waals surface area contributed by atoms with E-state index in [1.165, 1.54) is 5.57 Å². The SMILES string of the molecule is Oc1cccc2c1C1=C(C1)N=C/C=C\2. The number of benzene rings is 1. The molecule has 2 nitrogen and oxygen atoms in total. The minimum absolute atomic E-state index is 0.356. The Balaban J connectivity index is 2.29. The van der Waals surface area contributed by atoms with Crippen LogP contribution >= 0.6 is 0 Å². The molecule has 0 bridgehead atoms. The summed E-state index contributed by atoms with van der Waals surface area (Å²) in [6.07, 6.45) is 6.58. The molecule has 1 aliphatic carbocycles. The van der Waals surface area contributed by atoms with Gasteiger partial charge in [-0.2, -0.15) is 0 Å². The fraction of sp³-hybridized carbons (Fsp3) is 0.0833. The standard InChI is InChI=1S/C12H9NO/c14-11-5-1-3-8-4-2-6-13-10-7-9(10)12(8)11/h1-6,14H,7H2/b4-2-,6-2?,8-4?,12-9?,13-6?,13-10?. The Labute approximate surface area is 81.9 Å². The van der Waals surface area contributed by atoms with E-state index in [-0.39, 0.29) is 0 Å². The molecule has 0 fully saturated rings. The molecule has 1 aromatic rings. The first-order chi connectivity index (χ1) is 6.86. The first kappa shape index (κ1) is 7.56. The van der Waals surface area contributed by atoms with Gasteiger partial charge in [-0.1, -0.05) is 18.2 Å². The average molecular weight is 183 g/mol. The van der Waals surface area contributed by atoms with Crippen molar-refractivity contribution in [3.8, 4) is 5.75 Å². The summed E-state index contributed by atoms with van der Waals surface area (Å²) in [5.74, 6) is 0.356. The number of allylic oxidation sites excluding steroid dienone is 3. The van der Waals surface area contributed by atoms with Crippen molar-refractivity contribution in [1.82, 2.24) is 0 Å². The van der Waals surface area contributed by atoms with Gasteiger partial charge < -0.3 is 5.11 Å². The molecule has 0 radical (unpaired) electrons. The lowest BCUT2D eigenvalue weighted by Gasteiger charge is -2.04. The zero-order valence-electron chi connectivity index (χ0n) is 7.57. The van der Waals surface area contributed by atoms with E-state index >= 15 is 0 Å². The summed E-state index contributed by atoms with van der Waals surface area (Å²) in [6, 6.07) is 5.59. The van der Waals surface area contributed by atoms with Gasteiger partial charge in [-0.15, -0.1) is 0 Å². The Kier molecular flexibility index (Phi) is 1.39. The molecule has 0 spiro atoms. The lowest BCUT2D eigenvalue weighted by molar-refractivity contribution is 0.473. The number of hydrogen-bond acceptors (Lipinski definition) is 2. The van der Waals surface area contributed by atoms with Crippen molar-refractivity contribution in [1.29, 1.82) is 0 Å². The van der Waals surface area contributed by atoms with E-state index in [2.05, 4.69) is 4.99 Å². The first-order valence-electron chi connectivity index (χ1n) is 4.61. The molecule has 0 atom stereocenters. The molecule has 1 aromatic carbocycles. The third-order valence-corrected chi connectivity index (χ3v) is 2.54. The quantitative estimate of drug-likeness (QED) is 0.658. The van der Waals surface area contributed by atoms with Crippen molar-refractivity contribution in [3.05, 3.63) is 41.1 Å². The van der Waals surface area contributed by atoms with Gasteiger partial charge in [0, 0.05) is 23.9 Å². The van der Waals surface area contributed by atoms with Crippen molar-refractivity contribution in [2.75, 3.05) is 0 Å². The van der Waals surface area contributed by atoms with E-state index in [0.717, 1.165) is 23.2 Å². The number of phenols is 1. The van der Waals surface area contributed by atoms with Crippen LogP contribution in [0.2, 0.25) is 0 Å². The summed E-state index contributed by atoms with van der Waals surface area (Å²) in [5, 5.41) is 9.75. The van der Waals surface area contributed by atoms with Crippen LogP contribution in [0.3, 0.4) is 0 Å². The van der Waals surface area contributed by atoms with E-state index in [4.69, 9.17) is 0 Å². The molecular weight excluding hydrogens is 174 g/mol. The Morgan fingerprint density at radius 2 is 2.21 bits per heavy atom. The highest BCUT2D eigenvalue weighted by Gasteiger charge is 2.26. The predicted octanol–water partition coefficient (Wildman–Crippen LogP) is 2.60. The highest BCUT2D eigenvalue weighted by atomic mass is 16.3. The van der Waals surface area contributed by atoms with Crippen molar-refractivity contribution in [2.45, 2.75) is 6.42 Å². The van der Waals surface area contributed by atoms with Crippen LogP contribution in [0, 0.1) is 0 Å². The van der Waals surface area contributed by atoms with Crippen LogP contribution in [-0.4, -0.2) is 11.3 Å². The second kappa shape index (κ2) is 2.58. The van der Waals surface area contributed by atoms with Gasteiger partial charge in [0.05, 0.1) is 0 Å². The minimum atomic E-state index is 0.356. The molecule has 1 N–H and O–H groups in total. The lowest BCUT2D eigenvalue weighted by atomic mass is 10.0. The van der Waals surface area contributed by atoms with Gasteiger partial charge in [-0.05, 0) is 23.3 Å². The number of aromatic hydroxyl groups is 1. The van der Waals surface area contributed by atoms with E-state index in [1.54, 1.807) is 12.3 Å². The van der Waals surface area contributed by atoms with Crippen molar-refractivity contribution in [2.24, 2.45) is 4.99 Å². The van der Waals surface area contributed by atoms with Gasteiger partial charge in [-0.3, -0.25) is 4.99 Å². The van der Waals surface area contributed by atoms with Crippen LogP contribution in [0.25, 0.3) is 11.6 Å². The smallest absolute Gasteiger partial charge is 0.123 e. The zero-order valence-corrected chi connectivity index (χ0v) is 7.57. The van der Waals surface area contributed by atoms with Gasteiger partial charge in [0.15, 0.2) is 0 Å². The summed E-state index contributed by atoms with van der Waals surface area (Å²) < 4.78 is 0. The van der Waals surface area contributed by atoms with E-state index in [9.17, 15) is 5.11 Å². The van der Waals surface area contributed by atoms with Crippen LogP contribution in [0.5, 0.6) is 5.75 Å². The number of rotatable bonds is 0. The molecule has 3 rings (SSSR count). The average Bonchev–Trinajstić information content (AvgIpc) is 2.87. The third kappa shape index (κ3) is 1.01. The molecule has 68 valence electrons. The molecular formula is C12H9NO. The molecule has 2 aliphatic rings. The summed E-state index contributed by atoms with van der Waals surface area (Å²) >= 11 is 0. The van der Waals surface area contributed by atoms with Crippen LogP contribution in [0.4, 0.5) is 0 Å². The molecule has 14 heavy (non-hydrogen) atoms. The summed E-state index contributed by atoms with van der Waals surface area (Å²) in [7, 11) is 0. The molecule has 1 heterocycles. The Morgan fingerprint density at radius 1 is 1.29 bits per heavy atom. The number of aliphatic imine (C=N–C) groups is 1. The second-order valence-corrected chi connectivity index (χ2v) is 3.48. The molecule has 0 unspecified atom stereocenters. The lowest BCUT2D eigenvalue weighted by Crippen LogP contribution is -1.84. The summed E-state index contributed by atoms with van der Waals surface area (Å²) in [5.41, 5.74) is 4.30. The normalized spacial score (nSPS) is 19.4. The number of phenolic OH excluding ortho intramolecular Hbond substituents is 1. The Morgan fingerprint density at radius 3 is 3.14 bits per heavy atom. The Hall–Kier alpha value is -1.83. The molecule has 0 amide bonds. The number of nitrogens with zero attached hydrogens (tertiary/aromatic N) is 1. The molecule has 2 heteroatoms. The fourth-order valence-electron chi connectivity index (χ4n) is 1.78. The fourth-order valence-corrected chi connectivity index (χ4v) is 1.78. The monoisotopic (exact) mass is 183 g/mol.